The molecular formula is C56H79N7O14S. The van der Waals surface area contributed by atoms with Crippen LogP contribution in [-0.2, 0) is 33.8 Å². The second-order valence-corrected chi connectivity index (χ2v) is 24.8. The maximum absolute atomic E-state index is 15.2. The van der Waals surface area contributed by atoms with E-state index < -0.39 is 117 Å². The number of hydrogen-bond donors (Lipinski definition) is 7. The predicted molar refractivity (Wildman–Crippen MR) is 289 cm³/mol. The van der Waals surface area contributed by atoms with Crippen LogP contribution in [0.1, 0.15) is 120 Å². The minimum Gasteiger partial charge on any atom is -0.507 e. The van der Waals surface area contributed by atoms with Gasteiger partial charge in [0, 0.05) is 114 Å². The Morgan fingerprint density at radius 1 is 0.910 bits per heavy atom. The van der Waals surface area contributed by atoms with E-state index in [1.807, 2.05) is 0 Å². The number of methoxy groups -OCH3 is 1. The quantitative estimate of drug-likeness (QED) is 0.139. The van der Waals surface area contributed by atoms with Gasteiger partial charge in [0.05, 0.1) is 52.8 Å². The highest BCUT2D eigenvalue weighted by Gasteiger charge is 2.55. The van der Waals surface area contributed by atoms with E-state index in [1.165, 1.54) is 44.3 Å². The van der Waals surface area contributed by atoms with Crippen LogP contribution in [0.15, 0.2) is 57.9 Å². The number of para-hydroxylation sites is 1. The number of carbonyl (C=O) groups excluding carboxylic acids is 4. The molecule has 10 atom stereocenters. The molecule has 22 heteroatoms. The molecule has 0 radical (unpaired) electrons. The number of nitrogens with one attached hydrogen (secondary N) is 2. The van der Waals surface area contributed by atoms with Crippen LogP contribution in [0.4, 0.5) is 5.69 Å². The van der Waals surface area contributed by atoms with Crippen molar-refractivity contribution in [3.63, 3.8) is 0 Å². The Labute approximate surface area is 457 Å². The van der Waals surface area contributed by atoms with Gasteiger partial charge in [-0.1, -0.05) is 67.5 Å². The Bertz CT molecular complexity index is 2890. The van der Waals surface area contributed by atoms with Crippen molar-refractivity contribution in [1.82, 2.24) is 20.4 Å². The van der Waals surface area contributed by atoms with E-state index in [2.05, 4.69) is 29.4 Å². The highest BCUT2D eigenvalue weighted by atomic mass is 32.2. The fraction of sp³-hybridized carbons (Fsp3) is 0.625. The number of anilines is 1. The summed E-state index contributed by atoms with van der Waals surface area (Å²) in [7, 11) is -2.61. The van der Waals surface area contributed by atoms with Gasteiger partial charge in [0.2, 0.25) is 21.7 Å². The summed E-state index contributed by atoms with van der Waals surface area (Å²) in [5.74, 6) is -8.82. The van der Waals surface area contributed by atoms with Crippen molar-refractivity contribution >= 4 is 44.9 Å². The summed E-state index contributed by atoms with van der Waals surface area (Å²) in [6.07, 6.45) is -1.74. The maximum atomic E-state index is 15.2. The van der Waals surface area contributed by atoms with Gasteiger partial charge in [-0.25, -0.2) is 13.6 Å². The molecular weight excluding hydrogens is 1030 g/mol. The highest BCUT2D eigenvalue weighted by molar-refractivity contribution is 7.89. The summed E-state index contributed by atoms with van der Waals surface area (Å²) >= 11 is 0. The van der Waals surface area contributed by atoms with E-state index in [0.717, 1.165) is 6.54 Å². The number of nitrogens with zero attached hydrogens (tertiary/aromatic N) is 4. The summed E-state index contributed by atoms with van der Waals surface area (Å²) in [6.45, 7) is 20.7. The molecule has 78 heavy (non-hydrogen) atoms. The number of Topliss-reactive ketones (excluding diaryl/α,β-unsaturated/α-hetero) is 2. The second kappa shape index (κ2) is 22.1. The number of rotatable bonds is 9. The zero-order chi connectivity index (χ0) is 57.1. The number of allylic oxidation sites excluding steroid dienone is 2. The van der Waals surface area contributed by atoms with Crippen molar-refractivity contribution in [2.75, 3.05) is 57.8 Å². The van der Waals surface area contributed by atoms with Gasteiger partial charge in [-0.2, -0.15) is 0 Å². The van der Waals surface area contributed by atoms with Crippen LogP contribution in [0, 0.1) is 42.4 Å². The monoisotopic (exact) mass is 1110 g/mol. The first-order valence-electron chi connectivity index (χ1n) is 27.2. The Morgan fingerprint density at radius 3 is 2.18 bits per heavy atom. The van der Waals surface area contributed by atoms with E-state index in [1.54, 1.807) is 64.6 Å². The molecule has 6 heterocycles. The number of phenols is 1. The molecule has 6 aliphatic heterocycles. The van der Waals surface area contributed by atoms with Crippen molar-refractivity contribution < 1.29 is 67.0 Å². The lowest BCUT2D eigenvalue weighted by Gasteiger charge is -2.42. The van der Waals surface area contributed by atoms with E-state index in [-0.39, 0.29) is 82.6 Å². The largest absolute Gasteiger partial charge is 0.507 e. The molecule has 8 N–H and O–H groups in total. The van der Waals surface area contributed by atoms with Crippen LogP contribution in [0.25, 0.3) is 0 Å². The lowest BCUT2D eigenvalue weighted by Crippen LogP contribution is -2.55. The van der Waals surface area contributed by atoms with Gasteiger partial charge in [-0.05, 0) is 37.0 Å². The SMILES string of the molecule is CO[C@H]1/C=C/O[C@@]2(C)Oc3c(C)c(O)c4c(c3C2=O)C2=NC3(CCN(CC(C)C)CC3)NC2=C(NC(O)(C(C)C)C[C@H](C)[C@H](O)[C@@H](C)[C@@H](O)[C@@H](C)[C@H](OC(=O)CC(=O)N2CCN(c3ccccc3S(N)(=O)=O)CC2)[C@@H]1C)C4=O. The van der Waals surface area contributed by atoms with Gasteiger partial charge in [0.15, 0.2) is 0 Å². The van der Waals surface area contributed by atoms with Gasteiger partial charge >= 0.3 is 11.8 Å². The number of sulfonamides is 1. The number of benzene rings is 2. The molecule has 1 unspecified atom stereocenters. The van der Waals surface area contributed by atoms with Crippen LogP contribution < -0.4 is 25.4 Å². The van der Waals surface area contributed by atoms with Crippen molar-refractivity contribution in [1.29, 1.82) is 0 Å². The smallest absolute Gasteiger partial charge is 0.315 e. The minimum atomic E-state index is -4.03. The van der Waals surface area contributed by atoms with Crippen molar-refractivity contribution in [2.24, 2.45) is 45.6 Å². The molecule has 2 aromatic rings. The van der Waals surface area contributed by atoms with Crippen molar-refractivity contribution in [2.45, 2.75) is 141 Å². The van der Waals surface area contributed by atoms with Gasteiger partial charge < -0.3 is 64.7 Å². The summed E-state index contributed by atoms with van der Waals surface area (Å²) in [5.41, 5.74) is -2.01. The van der Waals surface area contributed by atoms with Gasteiger partial charge in [0.1, 0.15) is 46.0 Å². The number of esters is 1. The van der Waals surface area contributed by atoms with Gasteiger partial charge in [-0.15, -0.1) is 0 Å². The number of piperazine rings is 1. The molecule has 1 spiro atoms. The molecule has 5 bridgehead atoms. The number of carbonyl (C=O) groups is 4. The van der Waals surface area contributed by atoms with E-state index in [0.29, 0.717) is 37.5 Å². The topological polar surface area (TPSA) is 292 Å². The molecule has 21 nitrogen and oxygen atoms in total. The average molecular weight is 1110 g/mol. The fourth-order valence-corrected chi connectivity index (χ4v) is 12.9. The number of phenolic OH excluding ortho intramolecular Hbond substituents is 1. The summed E-state index contributed by atoms with van der Waals surface area (Å²) < 4.78 is 49.3. The molecule has 7 aliphatic rings. The van der Waals surface area contributed by atoms with Gasteiger partial charge in [0.25, 0.3) is 5.78 Å². The predicted octanol–water partition coefficient (Wildman–Crippen LogP) is 3.69. The number of primary sulfonamides is 1. The third kappa shape index (κ3) is 11.0. The normalized spacial score (nSPS) is 31.1. The Kier molecular flexibility index (Phi) is 16.6. The lowest BCUT2D eigenvalue weighted by molar-refractivity contribution is -0.166. The molecule has 2 saturated heterocycles. The Hall–Kier alpha value is -5.62. The Morgan fingerprint density at radius 2 is 1.56 bits per heavy atom. The van der Waals surface area contributed by atoms with Crippen LogP contribution in [-0.4, -0.2) is 162 Å². The standard InChI is InChI=1S/C56H79N7O14S/c1-29(2)28-61-19-17-55(18-20-61)58-44-41-42-49(68)35(9)52-43(41)53(70)54(10,77-52)75-25-16-37(74-11)32(6)51(76-40(65)26-39(64)63-23-21-62(22-24-63)36-14-12-13-15-38(36)78(57,72)73)34(8)48(67)33(7)47(66)31(5)27-56(71,30(3)4)60-46(50(42)69)45(44)59-55/h12-16,25,29-34,37,47-48,51,59-60,66-68,71H,17-24,26-28H2,1-11H3,(H2,57,72,73)/b25-16+/t31-,32+,33+,34+,37-,47-,48+,51+,54-,56?/m0/s1. The fourth-order valence-electron chi connectivity index (χ4n) is 12.2. The molecule has 428 valence electrons. The number of hydrogen-bond acceptors (Lipinski definition) is 19. The third-order valence-corrected chi connectivity index (χ3v) is 17.9. The number of aliphatic hydroxyl groups excluding tert-OH is 2. The number of ether oxygens (including phenoxy) is 4. The maximum Gasteiger partial charge on any atom is 0.315 e. The first-order chi connectivity index (χ1) is 36.5. The molecule has 0 saturated carbocycles. The molecule has 1 aliphatic carbocycles. The molecule has 9 rings (SSSR count). The molecule has 2 fully saturated rings. The number of nitrogens with two attached hydrogens (primary N) is 1. The average Bonchev–Trinajstić information content (AvgIpc) is 3.92. The molecule has 0 aromatic heterocycles. The van der Waals surface area contributed by atoms with Crippen LogP contribution >= 0.6 is 0 Å². The number of likely N-dealkylation sites (tertiary alicyclic amines) is 1. The van der Waals surface area contributed by atoms with Gasteiger partial charge in [-0.3, -0.25) is 24.2 Å². The number of amides is 1. The lowest BCUT2D eigenvalue weighted by atomic mass is 9.76. The zero-order valence-corrected chi connectivity index (χ0v) is 47.5. The van der Waals surface area contributed by atoms with E-state index in [4.69, 9.17) is 29.1 Å². The number of piperidine rings is 1. The highest BCUT2D eigenvalue weighted by Crippen LogP contribution is 2.51. The van der Waals surface area contributed by atoms with Crippen molar-refractivity contribution in [3.05, 3.63) is 70.3 Å². The first-order valence-corrected chi connectivity index (χ1v) is 28.7. The number of fused-ring (bicyclic) bond motifs is 12. The molecule has 2 aromatic carbocycles. The van der Waals surface area contributed by atoms with Crippen LogP contribution in [0.2, 0.25) is 0 Å². The van der Waals surface area contributed by atoms with Crippen LogP contribution in [0.3, 0.4) is 0 Å². The number of aromatic hydroxyl groups is 1. The summed E-state index contributed by atoms with van der Waals surface area (Å²) in [5, 5.41) is 61.5. The zero-order valence-electron chi connectivity index (χ0n) is 46.7. The minimum absolute atomic E-state index is 0.000809. The van der Waals surface area contributed by atoms with Crippen LogP contribution in [0.5, 0.6) is 11.5 Å². The number of aliphatic imine (C=N–C) groups is 1. The Balaban J connectivity index is 1.13. The summed E-state index contributed by atoms with van der Waals surface area (Å²) in [6, 6.07) is 6.32. The third-order valence-electron chi connectivity index (χ3n) is 17.0. The van der Waals surface area contributed by atoms with E-state index >= 15 is 9.59 Å². The number of aliphatic hydroxyl groups is 3. The second-order valence-electron chi connectivity index (χ2n) is 23.3. The molecule has 1 amide bonds. The van der Waals surface area contributed by atoms with E-state index in [9.17, 15) is 38.4 Å². The van der Waals surface area contributed by atoms with Crippen molar-refractivity contribution in [3.8, 4) is 11.5 Å². The number of ketones is 2. The summed E-state index contributed by atoms with van der Waals surface area (Å²) in [4.78, 5) is 68.9. The first kappa shape index (κ1) is 58.5.